The predicted octanol–water partition coefficient (Wildman–Crippen LogP) is 20.2. The van der Waals surface area contributed by atoms with Crippen molar-refractivity contribution in [1.82, 2.24) is 18.3 Å². The molecule has 0 spiro atoms. The summed E-state index contributed by atoms with van der Waals surface area (Å²) in [4.78, 5) is 0. The Balaban J connectivity index is 1.15. The van der Waals surface area contributed by atoms with E-state index in [1.54, 1.807) is 11.3 Å². The van der Waals surface area contributed by atoms with Gasteiger partial charge in [-0.25, -0.2) is 0 Å². The van der Waals surface area contributed by atoms with E-state index in [2.05, 4.69) is 273 Å². The lowest BCUT2D eigenvalue weighted by atomic mass is 9.95. The van der Waals surface area contributed by atoms with Gasteiger partial charge in [0.15, 0.2) is 0 Å². The van der Waals surface area contributed by atoms with Gasteiger partial charge in [-0.2, -0.15) is 10.5 Å². The van der Waals surface area contributed by atoms with Crippen molar-refractivity contribution in [2.24, 2.45) is 0 Å². The zero-order valence-electron chi connectivity index (χ0n) is 43.6. The molecule has 18 aromatic rings. The summed E-state index contributed by atoms with van der Waals surface area (Å²) in [6.07, 6.45) is 0. The summed E-state index contributed by atoms with van der Waals surface area (Å²) in [7, 11) is 0. The molecule has 6 aromatic heterocycles. The molecule has 378 valence electrons. The van der Waals surface area contributed by atoms with Crippen LogP contribution in [0.4, 0.5) is 0 Å². The lowest BCUT2D eigenvalue weighted by Crippen LogP contribution is -2.16. The van der Waals surface area contributed by atoms with Crippen LogP contribution in [0.1, 0.15) is 11.1 Å². The van der Waals surface area contributed by atoms with Gasteiger partial charge in [-0.3, -0.25) is 0 Å². The van der Waals surface area contributed by atoms with Gasteiger partial charge < -0.3 is 18.3 Å². The van der Waals surface area contributed by atoms with Crippen molar-refractivity contribution in [2.45, 2.75) is 0 Å². The van der Waals surface area contributed by atoms with Gasteiger partial charge in [0.2, 0.25) is 0 Å². The summed E-state index contributed by atoms with van der Waals surface area (Å²) < 4.78 is 14.0. The first-order valence-electron chi connectivity index (χ1n) is 27.5. The number of hydrogen-bond acceptors (Lipinski definition) is 4. The Morgan fingerprint density at radius 2 is 0.598 bits per heavy atom. The highest BCUT2D eigenvalue weighted by atomic mass is 32.1. The van der Waals surface area contributed by atoms with Crippen LogP contribution >= 0.6 is 22.7 Å². The highest BCUT2D eigenvalue weighted by Crippen LogP contribution is 2.52. The van der Waals surface area contributed by atoms with Gasteiger partial charge in [0.25, 0.3) is 0 Å². The van der Waals surface area contributed by atoms with E-state index in [0.29, 0.717) is 33.9 Å². The largest absolute Gasteiger partial charge is 0.306 e. The maximum absolute atomic E-state index is 13.0. The van der Waals surface area contributed by atoms with Crippen LogP contribution in [0, 0.1) is 22.7 Å². The Bertz CT molecular complexity index is 5780. The molecule has 0 atom stereocenters. The number of nitriles is 2. The highest BCUT2D eigenvalue weighted by molar-refractivity contribution is 7.27. The van der Waals surface area contributed by atoms with Gasteiger partial charge in [0.05, 0.1) is 71.6 Å². The Morgan fingerprint density at radius 1 is 0.256 bits per heavy atom. The molecule has 6 nitrogen and oxygen atoms in total. The Labute approximate surface area is 475 Å². The molecule has 0 bridgehead atoms. The fraction of sp³-hybridized carbons (Fsp3) is 0. The maximum Gasteiger partial charge on any atom is 0.104 e. The molecule has 0 radical (unpaired) electrons. The maximum atomic E-state index is 13.0. The van der Waals surface area contributed by atoms with Crippen LogP contribution in [0.15, 0.2) is 243 Å². The summed E-state index contributed by atoms with van der Waals surface area (Å²) in [5.41, 5.74) is 13.0. The second kappa shape index (κ2) is 16.9. The summed E-state index contributed by atoms with van der Waals surface area (Å²) in [6.45, 7) is 0. The van der Waals surface area contributed by atoms with E-state index >= 15 is 0 Å². The van der Waals surface area contributed by atoms with E-state index in [4.69, 9.17) is 0 Å². The molecule has 12 aromatic carbocycles. The van der Waals surface area contributed by atoms with Crippen molar-refractivity contribution < 1.29 is 0 Å². The monoisotopic (exact) mass is 1080 g/mol. The normalized spacial score (nSPS) is 12.1. The summed E-state index contributed by atoms with van der Waals surface area (Å²) in [5, 5.41) is 39.1. The number of rotatable bonds is 5. The zero-order valence-corrected chi connectivity index (χ0v) is 45.2. The third-order valence-corrected chi connectivity index (χ3v) is 19.6. The lowest BCUT2D eigenvalue weighted by Gasteiger charge is -2.27. The van der Waals surface area contributed by atoms with E-state index in [-0.39, 0.29) is 0 Å². The minimum absolute atomic E-state index is 0.424. The van der Waals surface area contributed by atoms with Crippen molar-refractivity contribution in [3.8, 4) is 46.0 Å². The Morgan fingerprint density at radius 3 is 1.06 bits per heavy atom. The predicted molar refractivity (Wildman–Crippen MR) is 344 cm³/mol. The lowest BCUT2D eigenvalue weighted by molar-refractivity contribution is 1.03. The third kappa shape index (κ3) is 5.88. The van der Waals surface area contributed by atoms with Crippen LogP contribution < -0.4 is 0 Å². The highest BCUT2D eigenvalue weighted by Gasteiger charge is 2.35. The second-order valence-corrected chi connectivity index (χ2v) is 23.4. The number of benzene rings is 12. The zero-order chi connectivity index (χ0) is 53.9. The number of hydrogen-bond donors (Lipinski definition) is 0. The molecule has 0 aliphatic carbocycles. The summed E-state index contributed by atoms with van der Waals surface area (Å²) in [6, 6.07) is 92.4. The second-order valence-electron chi connectivity index (χ2n) is 21.2. The molecular weight excluding hydrogens is 1040 g/mol. The average Bonchev–Trinajstić information content (AvgIpc) is 2.49. The fourth-order valence-corrected chi connectivity index (χ4v) is 16.4. The molecule has 0 fully saturated rings. The fourth-order valence-electron chi connectivity index (χ4n) is 14.1. The van der Waals surface area contributed by atoms with Crippen molar-refractivity contribution in [3.63, 3.8) is 0 Å². The van der Waals surface area contributed by atoms with Gasteiger partial charge >= 0.3 is 0 Å². The van der Waals surface area contributed by atoms with Crippen LogP contribution in [0.3, 0.4) is 0 Å². The van der Waals surface area contributed by atoms with Crippen molar-refractivity contribution in [1.29, 1.82) is 10.5 Å². The Hall–Kier alpha value is -10.7. The number of nitrogens with zero attached hydrogens (tertiary/aromatic N) is 6. The molecule has 0 saturated carbocycles. The van der Waals surface area contributed by atoms with Crippen LogP contribution in [-0.4, -0.2) is 18.3 Å². The molecule has 0 saturated heterocycles. The molecule has 0 aliphatic heterocycles. The number of aromatic nitrogens is 4. The van der Waals surface area contributed by atoms with Crippen molar-refractivity contribution in [3.05, 3.63) is 254 Å². The molecule has 0 amide bonds. The first-order valence-corrected chi connectivity index (χ1v) is 29.1. The number of thiophene rings is 2. The average molecular weight is 1080 g/mol. The van der Waals surface area contributed by atoms with Crippen LogP contribution in [0.25, 0.3) is 161 Å². The van der Waals surface area contributed by atoms with E-state index in [1.165, 1.54) is 30.3 Å². The van der Waals surface area contributed by atoms with Gasteiger partial charge in [-0.05, 0) is 71.8 Å². The molecule has 0 N–H and O–H groups in total. The minimum atomic E-state index is 0.424. The molecular formula is C74H40N6S2. The topological polar surface area (TPSA) is 67.3 Å². The molecule has 82 heavy (non-hydrogen) atoms. The number of fused-ring (bicyclic) bond motifs is 19. The third-order valence-electron chi connectivity index (χ3n) is 17.2. The SMILES string of the molecule is N#Cc1c(-n2c3ccccc3c3ccccc32)c(-n2c3ccccc3c3ccccc32)c(C#N)c(-n2c3cccc(-c4cccc5sc6ccccc6c45)c3c3ccc4c5ccccc5sc4c32)c1-n1c2ccccc2c2ccccc21. The molecule has 6 heterocycles. The summed E-state index contributed by atoms with van der Waals surface area (Å²) >= 11 is 3.60. The first-order chi connectivity index (χ1) is 40.7. The quantitative estimate of drug-likeness (QED) is 0.172. The number of para-hydroxylation sites is 6. The summed E-state index contributed by atoms with van der Waals surface area (Å²) in [5.74, 6) is 0. The molecule has 18 rings (SSSR count). The van der Waals surface area contributed by atoms with Gasteiger partial charge in [0, 0.05) is 78.7 Å². The first kappa shape index (κ1) is 45.2. The van der Waals surface area contributed by atoms with E-state index in [9.17, 15) is 10.5 Å². The van der Waals surface area contributed by atoms with Crippen molar-refractivity contribution in [2.75, 3.05) is 0 Å². The smallest absolute Gasteiger partial charge is 0.104 e. The van der Waals surface area contributed by atoms with Crippen LogP contribution in [-0.2, 0) is 0 Å². The van der Waals surface area contributed by atoms with E-state index < -0.39 is 0 Å². The molecule has 0 unspecified atom stereocenters. The minimum Gasteiger partial charge on any atom is -0.306 e. The van der Waals surface area contributed by atoms with Crippen LogP contribution in [0.2, 0.25) is 0 Å². The van der Waals surface area contributed by atoms with E-state index in [1.807, 2.05) is 11.3 Å². The standard InChI is InChI=1S/C74H40N6S2/c75-41-55-69(77-57-29-9-1-19-43(57)44-20-2-10-30-58(44)77)70(78-59-31-11-3-21-45(59)46-22-4-12-32-60(46)78)56(42-76)72(71(55)79-61-33-13-5-23-47(61)48-24-6-14-34-62(48)79)80-63-35-17-27-50(51-28-18-38-66-68(51)53-26-8-16-37-65(53)81-66)67(63)54-40-39-52-49-25-7-15-36-64(49)82-74(52)73(54)80/h1-40H. The molecule has 8 heteroatoms. The van der Waals surface area contributed by atoms with Gasteiger partial charge in [-0.15, -0.1) is 22.7 Å². The molecule has 0 aliphatic rings. The van der Waals surface area contributed by atoms with Gasteiger partial charge in [-0.1, -0.05) is 182 Å². The Kier molecular flexibility index (Phi) is 9.30. The van der Waals surface area contributed by atoms with Crippen LogP contribution in [0.5, 0.6) is 0 Å². The van der Waals surface area contributed by atoms with E-state index in [0.717, 1.165) is 108 Å². The van der Waals surface area contributed by atoms with Gasteiger partial charge in [0.1, 0.15) is 23.3 Å². The van der Waals surface area contributed by atoms with Crippen molar-refractivity contribution >= 4 is 150 Å².